The maximum atomic E-state index is 11.9. The minimum Gasteiger partial charge on any atom is -0.465 e. The Morgan fingerprint density at radius 1 is 1.05 bits per heavy atom. The van der Waals surface area contributed by atoms with Gasteiger partial charge in [0.05, 0.1) is 18.2 Å². The molecule has 1 heterocycles. The van der Waals surface area contributed by atoms with E-state index in [0.29, 0.717) is 11.6 Å². The van der Waals surface area contributed by atoms with Crippen LogP contribution in [0, 0.1) is 0 Å². The molecule has 0 aliphatic carbocycles. The Morgan fingerprint density at radius 3 is 2.41 bits per heavy atom. The first-order valence-corrected chi connectivity index (χ1v) is 7.82. The highest BCUT2D eigenvalue weighted by atomic mass is 16.5. The van der Waals surface area contributed by atoms with Crippen LogP contribution in [0.5, 0.6) is 0 Å². The van der Waals surface area contributed by atoms with Gasteiger partial charge in [-0.3, -0.25) is 0 Å². The van der Waals surface area contributed by atoms with E-state index in [1.54, 1.807) is 0 Å². The third kappa shape index (κ3) is 2.17. The SMILES string of the molecule is CCC(CC)n1c2ccccc2c2ccc(C(=O)OC)cc21. The van der Waals surface area contributed by atoms with E-state index in [4.69, 9.17) is 4.74 Å². The molecule has 0 aliphatic rings. The maximum Gasteiger partial charge on any atom is 0.337 e. The van der Waals surface area contributed by atoms with E-state index in [-0.39, 0.29) is 5.97 Å². The van der Waals surface area contributed by atoms with E-state index in [9.17, 15) is 4.79 Å². The molecule has 0 saturated heterocycles. The lowest BCUT2D eigenvalue weighted by Gasteiger charge is -2.18. The zero-order chi connectivity index (χ0) is 15.7. The largest absolute Gasteiger partial charge is 0.465 e. The maximum absolute atomic E-state index is 11.9. The van der Waals surface area contributed by atoms with Crippen LogP contribution < -0.4 is 0 Å². The number of rotatable bonds is 4. The number of aromatic nitrogens is 1. The van der Waals surface area contributed by atoms with Crippen LogP contribution in [0.15, 0.2) is 42.5 Å². The van der Waals surface area contributed by atoms with Gasteiger partial charge in [-0.1, -0.05) is 38.1 Å². The van der Waals surface area contributed by atoms with Crippen LogP contribution in [-0.4, -0.2) is 17.6 Å². The molecule has 0 radical (unpaired) electrons. The van der Waals surface area contributed by atoms with Gasteiger partial charge in [0.1, 0.15) is 0 Å². The summed E-state index contributed by atoms with van der Waals surface area (Å²) >= 11 is 0. The van der Waals surface area contributed by atoms with Gasteiger partial charge in [-0.15, -0.1) is 0 Å². The number of esters is 1. The Morgan fingerprint density at radius 2 is 1.73 bits per heavy atom. The molecule has 0 N–H and O–H groups in total. The predicted molar refractivity (Wildman–Crippen MR) is 90.4 cm³/mol. The normalized spacial score (nSPS) is 11.5. The minimum atomic E-state index is -0.289. The fourth-order valence-corrected chi connectivity index (χ4v) is 3.29. The first kappa shape index (κ1) is 14.6. The molecular formula is C19H21NO2. The van der Waals surface area contributed by atoms with E-state index in [1.165, 1.54) is 23.4 Å². The molecule has 0 atom stereocenters. The summed E-state index contributed by atoms with van der Waals surface area (Å²) in [6.45, 7) is 4.41. The van der Waals surface area contributed by atoms with E-state index < -0.39 is 0 Å². The van der Waals surface area contributed by atoms with Gasteiger partial charge in [0.15, 0.2) is 0 Å². The molecule has 0 unspecified atom stereocenters. The number of carbonyl (C=O) groups is 1. The van der Waals surface area contributed by atoms with Crippen molar-refractivity contribution in [3.8, 4) is 0 Å². The molecule has 0 spiro atoms. The molecule has 1 aromatic heterocycles. The lowest BCUT2D eigenvalue weighted by molar-refractivity contribution is 0.0601. The number of fused-ring (bicyclic) bond motifs is 3. The van der Waals surface area contributed by atoms with Crippen molar-refractivity contribution in [2.45, 2.75) is 32.7 Å². The minimum absolute atomic E-state index is 0.289. The summed E-state index contributed by atoms with van der Waals surface area (Å²) in [6.07, 6.45) is 2.12. The number of ether oxygens (including phenoxy) is 1. The molecule has 0 fully saturated rings. The fraction of sp³-hybridized carbons (Fsp3) is 0.316. The number of para-hydroxylation sites is 1. The van der Waals surface area contributed by atoms with Crippen molar-refractivity contribution in [2.75, 3.05) is 7.11 Å². The Bertz CT molecular complexity index is 828. The van der Waals surface area contributed by atoms with Crippen LogP contribution in [0.1, 0.15) is 43.1 Å². The van der Waals surface area contributed by atoms with E-state index >= 15 is 0 Å². The molecule has 114 valence electrons. The Kier molecular flexibility index (Phi) is 3.88. The zero-order valence-corrected chi connectivity index (χ0v) is 13.3. The van der Waals surface area contributed by atoms with Crippen LogP contribution in [0.4, 0.5) is 0 Å². The van der Waals surface area contributed by atoms with Gasteiger partial charge in [0.25, 0.3) is 0 Å². The summed E-state index contributed by atoms with van der Waals surface area (Å²) in [4.78, 5) is 11.9. The van der Waals surface area contributed by atoms with Crippen LogP contribution in [-0.2, 0) is 4.74 Å². The average molecular weight is 295 g/mol. The van der Waals surface area contributed by atoms with Gasteiger partial charge < -0.3 is 9.30 Å². The lowest BCUT2D eigenvalue weighted by atomic mass is 10.1. The molecule has 2 aromatic carbocycles. The molecule has 3 rings (SSSR count). The molecule has 3 aromatic rings. The van der Waals surface area contributed by atoms with Gasteiger partial charge in [-0.2, -0.15) is 0 Å². The highest BCUT2D eigenvalue weighted by Gasteiger charge is 2.17. The molecule has 3 nitrogen and oxygen atoms in total. The molecule has 0 bridgehead atoms. The summed E-state index contributed by atoms with van der Waals surface area (Å²) in [5.74, 6) is -0.289. The van der Waals surface area contributed by atoms with Crippen LogP contribution in [0.2, 0.25) is 0 Å². The quantitative estimate of drug-likeness (QED) is 0.638. The summed E-state index contributed by atoms with van der Waals surface area (Å²) in [6, 6.07) is 14.7. The smallest absolute Gasteiger partial charge is 0.337 e. The summed E-state index contributed by atoms with van der Waals surface area (Å²) < 4.78 is 7.24. The van der Waals surface area contributed by atoms with Crippen LogP contribution >= 0.6 is 0 Å². The molecule has 0 amide bonds. The first-order valence-electron chi connectivity index (χ1n) is 7.82. The topological polar surface area (TPSA) is 31.2 Å². The highest BCUT2D eigenvalue weighted by Crippen LogP contribution is 2.34. The number of carbonyl (C=O) groups excluding carboxylic acids is 1. The van der Waals surface area contributed by atoms with E-state index in [1.807, 2.05) is 18.2 Å². The van der Waals surface area contributed by atoms with Crippen LogP contribution in [0.25, 0.3) is 21.8 Å². The highest BCUT2D eigenvalue weighted by molar-refractivity contribution is 6.09. The lowest BCUT2D eigenvalue weighted by Crippen LogP contribution is -2.07. The number of nitrogens with zero attached hydrogens (tertiary/aromatic N) is 1. The molecular weight excluding hydrogens is 274 g/mol. The average Bonchev–Trinajstić information content (AvgIpc) is 2.90. The summed E-state index contributed by atoms with van der Waals surface area (Å²) in [5.41, 5.74) is 2.94. The third-order valence-corrected chi connectivity index (χ3v) is 4.44. The monoisotopic (exact) mass is 295 g/mol. The third-order valence-electron chi connectivity index (χ3n) is 4.44. The van der Waals surface area contributed by atoms with Gasteiger partial charge in [0, 0.05) is 22.3 Å². The summed E-state index contributed by atoms with van der Waals surface area (Å²) in [5, 5.41) is 2.43. The Hall–Kier alpha value is -2.29. The Balaban J connectivity index is 2.38. The standard InChI is InChI=1S/C19H21NO2/c1-4-14(5-2)20-17-9-7-6-8-15(17)16-11-10-13(12-18(16)20)19(21)22-3/h6-12,14H,4-5H2,1-3H3. The van der Waals surface area contributed by atoms with Crippen molar-refractivity contribution in [3.63, 3.8) is 0 Å². The zero-order valence-electron chi connectivity index (χ0n) is 13.3. The number of benzene rings is 2. The van der Waals surface area contributed by atoms with Crippen molar-refractivity contribution >= 4 is 27.8 Å². The van der Waals surface area contributed by atoms with Crippen LogP contribution in [0.3, 0.4) is 0 Å². The van der Waals surface area contributed by atoms with E-state index in [2.05, 4.69) is 42.7 Å². The Labute approximate surface area is 130 Å². The van der Waals surface area contributed by atoms with Crippen molar-refractivity contribution < 1.29 is 9.53 Å². The number of hydrogen-bond donors (Lipinski definition) is 0. The first-order chi connectivity index (χ1) is 10.7. The molecule has 0 aliphatic heterocycles. The van der Waals surface area contributed by atoms with Crippen molar-refractivity contribution in [1.29, 1.82) is 0 Å². The van der Waals surface area contributed by atoms with Gasteiger partial charge in [-0.25, -0.2) is 4.79 Å². The number of hydrogen-bond acceptors (Lipinski definition) is 2. The fourth-order valence-electron chi connectivity index (χ4n) is 3.29. The second kappa shape index (κ2) is 5.84. The second-order valence-corrected chi connectivity index (χ2v) is 5.58. The van der Waals surface area contributed by atoms with E-state index in [0.717, 1.165) is 18.4 Å². The van der Waals surface area contributed by atoms with Gasteiger partial charge in [-0.05, 0) is 31.0 Å². The van der Waals surface area contributed by atoms with Gasteiger partial charge >= 0.3 is 5.97 Å². The van der Waals surface area contributed by atoms with Crippen molar-refractivity contribution in [2.24, 2.45) is 0 Å². The molecule has 0 saturated carbocycles. The predicted octanol–water partition coefficient (Wildman–Crippen LogP) is 4.94. The second-order valence-electron chi connectivity index (χ2n) is 5.58. The van der Waals surface area contributed by atoms with Crippen molar-refractivity contribution in [1.82, 2.24) is 4.57 Å². The number of methoxy groups -OCH3 is 1. The van der Waals surface area contributed by atoms with Gasteiger partial charge in [0.2, 0.25) is 0 Å². The summed E-state index contributed by atoms with van der Waals surface area (Å²) in [7, 11) is 1.42. The molecule has 3 heteroatoms. The molecule has 22 heavy (non-hydrogen) atoms. The van der Waals surface area contributed by atoms with Crippen molar-refractivity contribution in [3.05, 3.63) is 48.0 Å².